The van der Waals surface area contributed by atoms with Crippen molar-refractivity contribution < 1.29 is 15.0 Å². The molecular formula is C13H19N2O3. The van der Waals surface area contributed by atoms with Crippen LogP contribution >= 0.6 is 0 Å². The third kappa shape index (κ3) is 4.35. The topological polar surface area (TPSA) is 81.6 Å². The van der Waals surface area contributed by atoms with E-state index in [9.17, 15) is 4.79 Å². The van der Waals surface area contributed by atoms with Gasteiger partial charge in [-0.25, -0.2) is 0 Å². The van der Waals surface area contributed by atoms with Gasteiger partial charge in [0, 0.05) is 6.42 Å². The van der Waals surface area contributed by atoms with Crippen LogP contribution in [0, 0.1) is 6.07 Å². The summed E-state index contributed by atoms with van der Waals surface area (Å²) in [5, 5.41) is 23.8. The van der Waals surface area contributed by atoms with E-state index >= 15 is 0 Å². The monoisotopic (exact) mass is 251 g/mol. The number of hydrogen-bond donors (Lipinski definition) is 4. The van der Waals surface area contributed by atoms with Crippen LogP contribution in [-0.4, -0.2) is 28.5 Å². The summed E-state index contributed by atoms with van der Waals surface area (Å²) in [7, 11) is 0. The highest BCUT2D eigenvalue weighted by Crippen LogP contribution is 2.22. The smallest absolute Gasteiger partial charge is 0.224 e. The van der Waals surface area contributed by atoms with E-state index in [-0.39, 0.29) is 5.91 Å². The van der Waals surface area contributed by atoms with E-state index in [4.69, 9.17) is 10.2 Å². The van der Waals surface area contributed by atoms with Gasteiger partial charge < -0.3 is 20.8 Å². The van der Waals surface area contributed by atoms with E-state index in [1.165, 1.54) is 0 Å². The van der Waals surface area contributed by atoms with Crippen LogP contribution in [0.3, 0.4) is 0 Å². The summed E-state index contributed by atoms with van der Waals surface area (Å²) in [4.78, 5) is 11.5. The van der Waals surface area contributed by atoms with Gasteiger partial charge in [0.1, 0.15) is 0 Å². The van der Waals surface area contributed by atoms with Crippen molar-refractivity contribution in [2.45, 2.75) is 39.0 Å². The molecular weight excluding hydrogens is 232 g/mol. The molecule has 0 fully saturated rings. The van der Waals surface area contributed by atoms with Gasteiger partial charge in [-0.15, -0.1) is 0 Å². The van der Waals surface area contributed by atoms with Gasteiger partial charge in [-0.3, -0.25) is 4.79 Å². The standard InChI is InChI=1S/C13H19N2O3/c1-3-6-12(16)15-11-8-5-4-7-10(11)14-9(2)13(17)18/h5,7-9,13-14,17-18H,3,6H2,1-2H3,(H,15,16)/t9-/m1/s1. The quantitative estimate of drug-likeness (QED) is 0.575. The third-order valence-corrected chi connectivity index (χ3v) is 2.45. The average molecular weight is 251 g/mol. The lowest BCUT2D eigenvalue weighted by atomic mass is 10.2. The van der Waals surface area contributed by atoms with Crippen molar-refractivity contribution in [3.05, 3.63) is 24.3 Å². The highest BCUT2D eigenvalue weighted by Gasteiger charge is 2.12. The largest absolute Gasteiger partial charge is 0.376 e. The molecule has 0 spiro atoms. The first-order chi connectivity index (χ1) is 8.54. The zero-order chi connectivity index (χ0) is 13.5. The molecule has 5 nitrogen and oxygen atoms in total. The minimum absolute atomic E-state index is 0.0658. The Morgan fingerprint density at radius 2 is 2.17 bits per heavy atom. The SMILES string of the molecule is CCCC(=O)Nc1cc[c]cc1N[C@H](C)C(O)O. The van der Waals surface area contributed by atoms with E-state index in [1.54, 1.807) is 25.1 Å². The van der Waals surface area contributed by atoms with Crippen LogP contribution in [0.2, 0.25) is 0 Å². The first-order valence-corrected chi connectivity index (χ1v) is 5.97. The van der Waals surface area contributed by atoms with Crippen LogP contribution in [0.4, 0.5) is 11.4 Å². The number of rotatable bonds is 6. The molecule has 1 rings (SSSR count). The normalized spacial score (nSPS) is 12.3. The van der Waals surface area contributed by atoms with Crippen molar-refractivity contribution in [2.24, 2.45) is 0 Å². The summed E-state index contributed by atoms with van der Waals surface area (Å²) in [5.74, 6) is -0.0658. The lowest BCUT2D eigenvalue weighted by molar-refractivity contribution is -0.116. The Kier molecular flexibility index (Phi) is 5.61. The Labute approximate surface area is 107 Å². The summed E-state index contributed by atoms with van der Waals surface area (Å²) in [6.07, 6.45) is -0.236. The molecule has 4 N–H and O–H groups in total. The first-order valence-electron chi connectivity index (χ1n) is 5.97. The van der Waals surface area contributed by atoms with Crippen molar-refractivity contribution in [3.63, 3.8) is 0 Å². The molecule has 1 aromatic carbocycles. The molecule has 0 saturated heterocycles. The van der Waals surface area contributed by atoms with Gasteiger partial charge >= 0.3 is 0 Å². The molecule has 1 radical (unpaired) electrons. The molecule has 0 aliphatic heterocycles. The molecule has 0 unspecified atom stereocenters. The highest BCUT2D eigenvalue weighted by atomic mass is 16.5. The summed E-state index contributed by atoms with van der Waals surface area (Å²) in [5.41, 5.74) is 1.22. The van der Waals surface area contributed by atoms with Gasteiger partial charge in [-0.2, -0.15) is 0 Å². The molecule has 5 heteroatoms. The number of hydrogen-bond acceptors (Lipinski definition) is 4. The summed E-state index contributed by atoms with van der Waals surface area (Å²) in [6, 6.07) is 7.39. The fourth-order valence-corrected chi connectivity index (χ4v) is 1.42. The van der Waals surface area contributed by atoms with E-state index in [0.717, 1.165) is 6.42 Å². The van der Waals surface area contributed by atoms with Gasteiger partial charge in [0.15, 0.2) is 6.29 Å². The van der Waals surface area contributed by atoms with Gasteiger partial charge in [0.25, 0.3) is 0 Å². The minimum atomic E-state index is -1.47. The third-order valence-electron chi connectivity index (χ3n) is 2.45. The number of benzene rings is 1. The van der Waals surface area contributed by atoms with Gasteiger partial charge in [-0.1, -0.05) is 13.0 Å². The van der Waals surface area contributed by atoms with Crippen molar-refractivity contribution in [1.82, 2.24) is 0 Å². The van der Waals surface area contributed by atoms with Crippen molar-refractivity contribution >= 4 is 17.3 Å². The Morgan fingerprint density at radius 3 is 2.78 bits per heavy atom. The average Bonchev–Trinajstić information content (AvgIpc) is 2.31. The lowest BCUT2D eigenvalue weighted by Crippen LogP contribution is -2.30. The van der Waals surface area contributed by atoms with Gasteiger partial charge in [0.2, 0.25) is 5.91 Å². The summed E-state index contributed by atoms with van der Waals surface area (Å²) in [6.45, 7) is 3.57. The van der Waals surface area contributed by atoms with E-state index in [2.05, 4.69) is 16.7 Å². The summed E-state index contributed by atoms with van der Waals surface area (Å²) < 4.78 is 0. The predicted octanol–water partition coefficient (Wildman–Crippen LogP) is 1.34. The van der Waals surface area contributed by atoms with E-state index < -0.39 is 12.3 Å². The number of aliphatic hydroxyl groups excluding tert-OH is 1. The molecule has 0 heterocycles. The Balaban J connectivity index is 2.76. The maximum atomic E-state index is 11.5. The molecule has 0 aliphatic rings. The van der Waals surface area contributed by atoms with Crippen LogP contribution in [-0.2, 0) is 4.79 Å². The molecule has 0 aliphatic carbocycles. The highest BCUT2D eigenvalue weighted by molar-refractivity contribution is 5.94. The van der Waals surface area contributed by atoms with E-state index in [1.807, 2.05) is 6.92 Å². The number of nitrogens with one attached hydrogen (secondary N) is 2. The number of anilines is 2. The number of aliphatic hydroxyl groups is 2. The molecule has 1 aromatic rings. The molecule has 0 aromatic heterocycles. The summed E-state index contributed by atoms with van der Waals surface area (Å²) >= 11 is 0. The Bertz CT molecular complexity index is 394. The minimum Gasteiger partial charge on any atom is -0.376 e. The molecule has 18 heavy (non-hydrogen) atoms. The molecule has 1 amide bonds. The maximum Gasteiger partial charge on any atom is 0.224 e. The molecule has 99 valence electrons. The fourth-order valence-electron chi connectivity index (χ4n) is 1.42. The van der Waals surface area contributed by atoms with Crippen LogP contribution < -0.4 is 10.6 Å². The van der Waals surface area contributed by atoms with Crippen LogP contribution in [0.25, 0.3) is 0 Å². The van der Waals surface area contributed by atoms with Crippen molar-refractivity contribution in [2.75, 3.05) is 10.6 Å². The van der Waals surface area contributed by atoms with Gasteiger partial charge in [-0.05, 0) is 31.5 Å². The Morgan fingerprint density at radius 1 is 1.44 bits per heavy atom. The zero-order valence-electron chi connectivity index (χ0n) is 10.6. The van der Waals surface area contributed by atoms with Gasteiger partial charge in [0.05, 0.1) is 17.4 Å². The Hall–Kier alpha value is -1.59. The van der Waals surface area contributed by atoms with E-state index in [0.29, 0.717) is 17.8 Å². The maximum absolute atomic E-state index is 11.5. The zero-order valence-corrected chi connectivity index (χ0v) is 10.6. The molecule has 0 bridgehead atoms. The van der Waals surface area contributed by atoms with Crippen molar-refractivity contribution in [1.29, 1.82) is 0 Å². The van der Waals surface area contributed by atoms with Crippen molar-refractivity contribution in [3.8, 4) is 0 Å². The molecule has 1 atom stereocenters. The number of carbonyl (C=O) groups is 1. The second kappa shape index (κ2) is 6.98. The predicted molar refractivity (Wildman–Crippen MR) is 70.1 cm³/mol. The van der Waals surface area contributed by atoms with Crippen LogP contribution in [0.15, 0.2) is 18.2 Å². The van der Waals surface area contributed by atoms with Crippen LogP contribution in [0.1, 0.15) is 26.7 Å². The number of carbonyl (C=O) groups excluding carboxylic acids is 1. The fraction of sp³-hybridized carbons (Fsp3) is 0.462. The first kappa shape index (κ1) is 14.5. The van der Waals surface area contributed by atoms with Crippen LogP contribution in [0.5, 0.6) is 0 Å². The second-order valence-electron chi connectivity index (χ2n) is 4.12. The molecule has 0 saturated carbocycles. The number of amides is 1. The lowest BCUT2D eigenvalue weighted by Gasteiger charge is -2.19. The second-order valence-corrected chi connectivity index (χ2v) is 4.12.